The molecule has 1 N–H and O–H groups in total. The van der Waals surface area contributed by atoms with Gasteiger partial charge in [0.25, 0.3) is 5.91 Å². The van der Waals surface area contributed by atoms with Crippen LogP contribution in [0.3, 0.4) is 0 Å². The van der Waals surface area contributed by atoms with E-state index in [1.807, 2.05) is 37.4 Å². The number of nitrogens with zero attached hydrogens (tertiary/aromatic N) is 4. The summed E-state index contributed by atoms with van der Waals surface area (Å²) in [5.74, 6) is -0.577. The van der Waals surface area contributed by atoms with Gasteiger partial charge in [-0.3, -0.25) is 4.79 Å². The molecule has 1 saturated heterocycles. The molecule has 1 fully saturated rings. The Bertz CT molecular complexity index is 960. The van der Waals surface area contributed by atoms with E-state index < -0.39 is 0 Å². The number of hydrogen-bond donors (Lipinski definition) is 1. The lowest BCUT2D eigenvalue weighted by molar-refractivity contribution is 0.0935. The highest BCUT2D eigenvalue weighted by atomic mass is 19.1. The molecule has 28 heavy (non-hydrogen) atoms. The fourth-order valence-corrected chi connectivity index (χ4v) is 3.60. The van der Waals surface area contributed by atoms with Crippen LogP contribution in [0.1, 0.15) is 29.0 Å². The van der Waals surface area contributed by atoms with Crippen LogP contribution in [0.2, 0.25) is 0 Å². The van der Waals surface area contributed by atoms with E-state index in [0.29, 0.717) is 11.3 Å². The van der Waals surface area contributed by atoms with Crippen molar-refractivity contribution in [1.29, 1.82) is 0 Å². The van der Waals surface area contributed by atoms with Gasteiger partial charge in [-0.25, -0.2) is 9.37 Å². The maximum Gasteiger partial charge on any atom is 0.271 e. The number of carbonyl (C=O) groups is 1. The highest BCUT2D eigenvalue weighted by Crippen LogP contribution is 2.28. The fourth-order valence-electron chi connectivity index (χ4n) is 3.60. The molecule has 1 aliphatic heterocycles. The third kappa shape index (κ3) is 3.71. The number of rotatable bonds is 4. The molecule has 3 heterocycles. The predicted octanol–water partition coefficient (Wildman–Crippen LogP) is 2.72. The number of pyridine rings is 1. The van der Waals surface area contributed by atoms with E-state index >= 15 is 0 Å². The first kappa shape index (κ1) is 18.4. The minimum atomic E-state index is -0.345. The van der Waals surface area contributed by atoms with Crippen LogP contribution in [-0.4, -0.2) is 53.4 Å². The van der Waals surface area contributed by atoms with Crippen LogP contribution in [0, 0.1) is 5.82 Å². The zero-order valence-electron chi connectivity index (χ0n) is 16.1. The number of fused-ring (bicyclic) bond motifs is 1. The molecule has 6 nitrogen and oxygen atoms in total. The lowest BCUT2D eigenvalue weighted by Crippen LogP contribution is -2.45. The zero-order valence-corrected chi connectivity index (χ0v) is 16.1. The largest absolute Gasteiger partial charge is 0.369 e. The Morgan fingerprint density at radius 3 is 2.71 bits per heavy atom. The lowest BCUT2D eigenvalue weighted by Gasteiger charge is -2.36. The number of halogens is 1. The number of amides is 1. The molecule has 1 atom stereocenters. The van der Waals surface area contributed by atoms with Gasteiger partial charge in [0.2, 0.25) is 0 Å². The van der Waals surface area contributed by atoms with Gasteiger partial charge in [0.05, 0.1) is 6.04 Å². The molecule has 1 unspecified atom stereocenters. The average molecular weight is 381 g/mol. The third-order valence-corrected chi connectivity index (χ3v) is 5.24. The van der Waals surface area contributed by atoms with Crippen molar-refractivity contribution in [3.63, 3.8) is 0 Å². The smallest absolute Gasteiger partial charge is 0.271 e. The van der Waals surface area contributed by atoms with Crippen LogP contribution in [-0.2, 0) is 0 Å². The van der Waals surface area contributed by atoms with Crippen molar-refractivity contribution in [3.8, 4) is 0 Å². The van der Waals surface area contributed by atoms with E-state index in [9.17, 15) is 9.18 Å². The number of imidazole rings is 1. The molecule has 1 aliphatic rings. The molecule has 0 spiro atoms. The van der Waals surface area contributed by atoms with Crippen LogP contribution in [0.5, 0.6) is 0 Å². The molecule has 7 heteroatoms. The number of aromatic nitrogens is 2. The van der Waals surface area contributed by atoms with Gasteiger partial charge < -0.3 is 19.5 Å². The second-order valence-electron chi connectivity index (χ2n) is 7.28. The summed E-state index contributed by atoms with van der Waals surface area (Å²) in [7, 11) is 2.10. The second-order valence-corrected chi connectivity index (χ2v) is 7.28. The number of nitrogens with one attached hydrogen (secondary N) is 1. The van der Waals surface area contributed by atoms with Gasteiger partial charge in [-0.1, -0.05) is 6.07 Å². The number of anilines is 1. The fraction of sp³-hybridized carbons (Fsp3) is 0.333. The molecule has 1 amide bonds. The zero-order chi connectivity index (χ0) is 19.7. The normalized spacial score (nSPS) is 16.3. The molecule has 1 aromatic carbocycles. The molecular weight excluding hydrogens is 357 g/mol. The van der Waals surface area contributed by atoms with Gasteiger partial charge in [-0.2, -0.15) is 0 Å². The van der Waals surface area contributed by atoms with Gasteiger partial charge in [-0.05, 0) is 44.3 Å². The summed E-state index contributed by atoms with van der Waals surface area (Å²) in [6.07, 6.45) is 3.55. The molecule has 0 saturated carbocycles. The first-order chi connectivity index (χ1) is 13.5. The molecular formula is C21H24FN5O. The summed E-state index contributed by atoms with van der Waals surface area (Å²) in [5, 5.41) is 2.97. The van der Waals surface area contributed by atoms with Crippen molar-refractivity contribution in [2.75, 3.05) is 38.1 Å². The SMILES string of the molecule is CC(NC(=O)c1cn2ccccc2n1)c1cc(F)ccc1N1CCN(C)CC1. The molecule has 0 radical (unpaired) electrons. The number of likely N-dealkylation sites (N-methyl/N-ethyl adjacent to an activating group) is 1. The van der Waals surface area contributed by atoms with E-state index in [-0.39, 0.29) is 17.8 Å². The van der Waals surface area contributed by atoms with Gasteiger partial charge >= 0.3 is 0 Å². The Morgan fingerprint density at radius 2 is 1.96 bits per heavy atom. The quantitative estimate of drug-likeness (QED) is 0.755. The van der Waals surface area contributed by atoms with Crippen molar-refractivity contribution in [1.82, 2.24) is 19.6 Å². The molecule has 2 aromatic heterocycles. The second kappa shape index (κ2) is 7.59. The number of hydrogen-bond acceptors (Lipinski definition) is 4. The van der Waals surface area contributed by atoms with Gasteiger partial charge in [0.15, 0.2) is 0 Å². The van der Waals surface area contributed by atoms with Crippen LogP contribution in [0.15, 0.2) is 48.8 Å². The summed E-state index contributed by atoms with van der Waals surface area (Å²) >= 11 is 0. The Labute approximate surface area is 163 Å². The number of piperazine rings is 1. The van der Waals surface area contributed by atoms with Crippen molar-refractivity contribution < 1.29 is 9.18 Å². The van der Waals surface area contributed by atoms with Gasteiger partial charge in [-0.15, -0.1) is 0 Å². The Hall–Kier alpha value is -2.93. The van der Waals surface area contributed by atoms with Crippen molar-refractivity contribution in [3.05, 3.63) is 65.9 Å². The molecule has 3 aromatic rings. The molecule has 0 bridgehead atoms. The minimum Gasteiger partial charge on any atom is -0.369 e. The third-order valence-electron chi connectivity index (χ3n) is 5.24. The highest BCUT2D eigenvalue weighted by molar-refractivity contribution is 5.93. The topological polar surface area (TPSA) is 52.9 Å². The van der Waals surface area contributed by atoms with Crippen molar-refractivity contribution in [2.45, 2.75) is 13.0 Å². The van der Waals surface area contributed by atoms with Gasteiger partial charge in [0.1, 0.15) is 17.2 Å². The van der Waals surface area contributed by atoms with Crippen LogP contribution < -0.4 is 10.2 Å². The number of benzene rings is 1. The minimum absolute atomic E-state index is 0.273. The maximum atomic E-state index is 14.0. The molecule has 4 rings (SSSR count). The summed E-state index contributed by atoms with van der Waals surface area (Å²) in [4.78, 5) is 21.6. The Kier molecular flexibility index (Phi) is 5.00. The first-order valence-corrected chi connectivity index (χ1v) is 9.49. The van der Waals surface area contributed by atoms with Crippen molar-refractivity contribution in [2.24, 2.45) is 0 Å². The Balaban J connectivity index is 1.56. The van der Waals surface area contributed by atoms with E-state index in [1.54, 1.807) is 10.6 Å². The average Bonchev–Trinajstić information content (AvgIpc) is 3.13. The maximum absolute atomic E-state index is 14.0. The Morgan fingerprint density at radius 1 is 1.18 bits per heavy atom. The molecule has 146 valence electrons. The summed E-state index contributed by atoms with van der Waals surface area (Å²) in [6.45, 7) is 5.55. The highest BCUT2D eigenvalue weighted by Gasteiger charge is 2.22. The van der Waals surface area contributed by atoms with Crippen LogP contribution in [0.4, 0.5) is 10.1 Å². The number of carbonyl (C=O) groups excluding carboxylic acids is 1. The lowest BCUT2D eigenvalue weighted by atomic mass is 10.0. The van der Waals surface area contributed by atoms with Crippen molar-refractivity contribution >= 4 is 17.2 Å². The van der Waals surface area contributed by atoms with Crippen LogP contribution >= 0.6 is 0 Å². The van der Waals surface area contributed by atoms with Gasteiger partial charge in [0, 0.05) is 49.8 Å². The monoisotopic (exact) mass is 381 g/mol. The predicted molar refractivity (Wildman–Crippen MR) is 107 cm³/mol. The standard InChI is InChI=1S/C21H24FN5O/c1-15(23-21(28)18-14-27-8-4-3-5-20(27)24-18)17-13-16(22)6-7-19(17)26-11-9-25(2)10-12-26/h3-8,13-15H,9-12H2,1-2H3,(H,23,28). The summed E-state index contributed by atoms with van der Waals surface area (Å²) in [5.41, 5.74) is 2.80. The van der Waals surface area contributed by atoms with E-state index in [0.717, 1.165) is 37.4 Å². The van der Waals surface area contributed by atoms with E-state index in [4.69, 9.17) is 0 Å². The first-order valence-electron chi connectivity index (χ1n) is 9.49. The van der Waals surface area contributed by atoms with E-state index in [2.05, 4.69) is 27.1 Å². The summed E-state index contributed by atoms with van der Waals surface area (Å²) < 4.78 is 15.8. The summed E-state index contributed by atoms with van der Waals surface area (Å²) in [6, 6.07) is 10.1. The van der Waals surface area contributed by atoms with Crippen LogP contribution in [0.25, 0.3) is 5.65 Å². The molecule has 0 aliphatic carbocycles. The van der Waals surface area contributed by atoms with E-state index in [1.165, 1.54) is 12.1 Å².